The van der Waals surface area contributed by atoms with Gasteiger partial charge in [0.1, 0.15) is 13.2 Å². The number of nitrogens with zero attached hydrogens (tertiary/aromatic N) is 1. The maximum atomic E-state index is 13.2. The summed E-state index contributed by atoms with van der Waals surface area (Å²) in [6.45, 7) is 5.27. The number of fused-ring (bicyclic) bond motifs is 1. The van der Waals surface area contributed by atoms with Gasteiger partial charge in [-0.3, -0.25) is 9.59 Å². The van der Waals surface area contributed by atoms with Gasteiger partial charge in [-0.05, 0) is 45.0 Å². The zero-order valence-corrected chi connectivity index (χ0v) is 17.8. The lowest BCUT2D eigenvalue weighted by Crippen LogP contribution is -2.53. The van der Waals surface area contributed by atoms with Gasteiger partial charge in [-0.1, -0.05) is 0 Å². The molecule has 1 aromatic rings. The van der Waals surface area contributed by atoms with Crippen molar-refractivity contribution in [1.82, 2.24) is 10.2 Å². The molecule has 0 spiro atoms. The van der Waals surface area contributed by atoms with Crippen molar-refractivity contribution in [2.75, 3.05) is 58.4 Å². The molecule has 0 atom stereocenters. The van der Waals surface area contributed by atoms with Crippen LogP contribution in [-0.4, -0.2) is 69.8 Å². The van der Waals surface area contributed by atoms with Gasteiger partial charge >= 0.3 is 0 Å². The van der Waals surface area contributed by atoms with E-state index in [1.807, 2.05) is 6.92 Å². The second kappa shape index (κ2) is 10.7. The summed E-state index contributed by atoms with van der Waals surface area (Å²) in [6.07, 6.45) is 1.42. The first-order chi connectivity index (χ1) is 13.6. The molecule has 2 N–H and O–H groups in total. The number of nitrogens with one attached hydrogen (secondary N) is 2. The van der Waals surface area contributed by atoms with Gasteiger partial charge in [-0.15, -0.1) is 12.4 Å². The summed E-state index contributed by atoms with van der Waals surface area (Å²) in [5.74, 6) is 1.02. The number of methoxy groups -OCH3 is 1. The number of anilines is 1. The van der Waals surface area contributed by atoms with Gasteiger partial charge in [0, 0.05) is 25.4 Å². The quantitative estimate of drug-likeness (QED) is 0.688. The van der Waals surface area contributed by atoms with Crippen LogP contribution in [0.15, 0.2) is 18.2 Å². The van der Waals surface area contributed by atoms with E-state index < -0.39 is 5.41 Å². The van der Waals surface area contributed by atoms with Crippen LogP contribution in [0.3, 0.4) is 0 Å². The van der Waals surface area contributed by atoms with E-state index in [9.17, 15) is 9.59 Å². The molecule has 0 saturated carbocycles. The average Bonchev–Trinajstić information content (AvgIpc) is 2.72. The Morgan fingerprint density at radius 1 is 1.21 bits per heavy atom. The van der Waals surface area contributed by atoms with E-state index in [0.29, 0.717) is 56.4 Å². The number of benzene rings is 1. The van der Waals surface area contributed by atoms with Crippen molar-refractivity contribution in [3.63, 3.8) is 0 Å². The number of ether oxygens (including phenoxy) is 3. The van der Waals surface area contributed by atoms with Crippen LogP contribution in [0.2, 0.25) is 0 Å². The van der Waals surface area contributed by atoms with Crippen molar-refractivity contribution < 1.29 is 23.8 Å². The van der Waals surface area contributed by atoms with Gasteiger partial charge in [0.05, 0.1) is 18.6 Å². The number of piperidine rings is 1. The van der Waals surface area contributed by atoms with E-state index >= 15 is 0 Å². The molecule has 1 fully saturated rings. The number of hydrogen-bond donors (Lipinski definition) is 2. The predicted molar refractivity (Wildman–Crippen MR) is 112 cm³/mol. The Bertz CT molecular complexity index is 704. The minimum absolute atomic E-state index is 0. The summed E-state index contributed by atoms with van der Waals surface area (Å²) in [5, 5.41) is 6.13. The summed E-state index contributed by atoms with van der Waals surface area (Å²) in [4.78, 5) is 27.4. The van der Waals surface area contributed by atoms with Gasteiger partial charge < -0.3 is 29.7 Å². The van der Waals surface area contributed by atoms with Crippen LogP contribution in [0.4, 0.5) is 5.69 Å². The number of carbonyl (C=O) groups is 2. The SMILES string of the molecule is CCN(CC(=O)Nc1ccc2c(c1)OCCO2)C(=O)C1(COC)CCNCC1.Cl. The van der Waals surface area contributed by atoms with E-state index in [1.165, 1.54) is 0 Å². The Hall–Kier alpha value is -2.03. The molecule has 9 heteroatoms. The van der Waals surface area contributed by atoms with Crippen molar-refractivity contribution >= 4 is 29.9 Å². The summed E-state index contributed by atoms with van der Waals surface area (Å²) in [6, 6.07) is 5.28. The fourth-order valence-electron chi connectivity index (χ4n) is 3.76. The largest absolute Gasteiger partial charge is 0.486 e. The van der Waals surface area contributed by atoms with Gasteiger partial charge in [0.2, 0.25) is 11.8 Å². The molecule has 2 amide bonds. The van der Waals surface area contributed by atoms with Crippen LogP contribution in [0, 0.1) is 5.41 Å². The van der Waals surface area contributed by atoms with Crippen LogP contribution in [0.1, 0.15) is 19.8 Å². The number of rotatable bonds is 7. The van der Waals surface area contributed by atoms with Crippen LogP contribution < -0.4 is 20.1 Å². The maximum absolute atomic E-state index is 13.2. The van der Waals surface area contributed by atoms with Gasteiger partial charge in [-0.2, -0.15) is 0 Å². The molecule has 0 bridgehead atoms. The van der Waals surface area contributed by atoms with Crippen LogP contribution in [0.25, 0.3) is 0 Å². The predicted octanol–water partition coefficient (Wildman–Crippen LogP) is 1.68. The first-order valence-corrected chi connectivity index (χ1v) is 9.76. The molecular formula is C20H30ClN3O5. The smallest absolute Gasteiger partial charge is 0.243 e. The molecule has 0 radical (unpaired) electrons. The van der Waals surface area contributed by atoms with E-state index in [1.54, 1.807) is 30.2 Å². The molecule has 2 aliphatic rings. The summed E-state index contributed by atoms with van der Waals surface area (Å²) >= 11 is 0. The van der Waals surface area contributed by atoms with Gasteiger partial charge in [0.15, 0.2) is 11.5 Å². The summed E-state index contributed by atoms with van der Waals surface area (Å²) < 4.78 is 16.4. The molecule has 2 aliphatic heterocycles. The monoisotopic (exact) mass is 427 g/mol. The summed E-state index contributed by atoms with van der Waals surface area (Å²) in [7, 11) is 1.61. The Labute approximate surface area is 177 Å². The third-order valence-electron chi connectivity index (χ3n) is 5.26. The Balaban J connectivity index is 0.00000300. The molecule has 3 rings (SSSR count). The van der Waals surface area contributed by atoms with Crippen molar-refractivity contribution in [3.8, 4) is 11.5 Å². The third-order valence-corrected chi connectivity index (χ3v) is 5.26. The van der Waals surface area contributed by atoms with E-state index in [4.69, 9.17) is 14.2 Å². The van der Waals surface area contributed by atoms with Crippen molar-refractivity contribution in [2.45, 2.75) is 19.8 Å². The number of hydrogen-bond acceptors (Lipinski definition) is 6. The zero-order valence-electron chi connectivity index (χ0n) is 17.0. The van der Waals surface area contributed by atoms with E-state index in [0.717, 1.165) is 13.1 Å². The highest BCUT2D eigenvalue weighted by molar-refractivity contribution is 5.95. The maximum Gasteiger partial charge on any atom is 0.243 e. The topological polar surface area (TPSA) is 89.1 Å². The highest BCUT2D eigenvalue weighted by Gasteiger charge is 2.42. The lowest BCUT2D eigenvalue weighted by molar-refractivity contribution is -0.149. The first kappa shape index (κ1) is 23.3. The van der Waals surface area contributed by atoms with Gasteiger partial charge in [-0.25, -0.2) is 0 Å². The standard InChI is InChI=1S/C20H29N3O5.ClH/c1-3-23(19(25)20(14-26-2)6-8-21-9-7-20)13-18(24)22-15-4-5-16-17(12-15)28-11-10-27-16;/h4-5,12,21H,3,6-11,13-14H2,1-2H3,(H,22,24);1H. The van der Waals surface area contributed by atoms with Crippen molar-refractivity contribution in [2.24, 2.45) is 5.41 Å². The van der Waals surface area contributed by atoms with Crippen molar-refractivity contribution in [3.05, 3.63) is 18.2 Å². The Kier molecular flexibility index (Phi) is 8.55. The summed E-state index contributed by atoms with van der Waals surface area (Å²) in [5.41, 5.74) is 0.0547. The number of carbonyl (C=O) groups excluding carboxylic acids is 2. The molecule has 1 saturated heterocycles. The number of likely N-dealkylation sites (N-methyl/N-ethyl adjacent to an activating group) is 1. The minimum Gasteiger partial charge on any atom is -0.486 e. The fourth-order valence-corrected chi connectivity index (χ4v) is 3.76. The molecule has 1 aromatic carbocycles. The molecule has 162 valence electrons. The highest BCUT2D eigenvalue weighted by Crippen LogP contribution is 2.33. The lowest BCUT2D eigenvalue weighted by Gasteiger charge is -2.39. The highest BCUT2D eigenvalue weighted by atomic mass is 35.5. The van der Waals surface area contributed by atoms with Gasteiger partial charge in [0.25, 0.3) is 0 Å². The minimum atomic E-state index is -0.562. The fraction of sp³-hybridized carbons (Fsp3) is 0.600. The average molecular weight is 428 g/mol. The molecule has 29 heavy (non-hydrogen) atoms. The molecule has 0 unspecified atom stereocenters. The zero-order chi connectivity index (χ0) is 20.0. The molecule has 2 heterocycles. The van der Waals surface area contributed by atoms with Crippen LogP contribution >= 0.6 is 12.4 Å². The number of halogens is 1. The first-order valence-electron chi connectivity index (χ1n) is 9.76. The second-order valence-electron chi connectivity index (χ2n) is 7.19. The van der Waals surface area contributed by atoms with E-state index in [-0.39, 0.29) is 30.8 Å². The number of amides is 2. The Morgan fingerprint density at radius 3 is 2.55 bits per heavy atom. The van der Waals surface area contributed by atoms with Crippen molar-refractivity contribution in [1.29, 1.82) is 0 Å². The molecular weight excluding hydrogens is 398 g/mol. The van der Waals surface area contributed by atoms with Crippen LogP contribution in [-0.2, 0) is 14.3 Å². The van der Waals surface area contributed by atoms with Crippen LogP contribution in [0.5, 0.6) is 11.5 Å². The lowest BCUT2D eigenvalue weighted by atomic mass is 9.78. The normalized spacial score (nSPS) is 17.0. The van der Waals surface area contributed by atoms with E-state index in [2.05, 4.69) is 10.6 Å². The molecule has 0 aliphatic carbocycles. The second-order valence-corrected chi connectivity index (χ2v) is 7.19. The third kappa shape index (κ3) is 5.52. The molecule has 8 nitrogen and oxygen atoms in total. The molecule has 0 aromatic heterocycles. The Morgan fingerprint density at radius 2 is 1.90 bits per heavy atom.